The minimum absolute atomic E-state index is 0.00194. The number of nitrogens with one attached hydrogen (secondary N) is 1. The average molecular weight is 568 g/mol. The Morgan fingerprint density at radius 3 is 2.42 bits per heavy atom. The van der Waals surface area contributed by atoms with E-state index in [1.165, 1.54) is 10.7 Å². The van der Waals surface area contributed by atoms with Gasteiger partial charge in [-0.1, -0.05) is 73.5 Å². The van der Waals surface area contributed by atoms with Gasteiger partial charge in [-0.05, 0) is 35.6 Å². The lowest BCUT2D eigenvalue weighted by molar-refractivity contribution is -0.232. The maximum Gasteiger partial charge on any atom is 0.247 e. The highest BCUT2D eigenvalue weighted by Crippen LogP contribution is 2.42. The van der Waals surface area contributed by atoms with E-state index in [4.69, 9.17) is 25.8 Å². The van der Waals surface area contributed by atoms with Crippen LogP contribution in [-0.2, 0) is 33.2 Å². The maximum atomic E-state index is 16.3. The molecule has 4 atom stereocenters. The van der Waals surface area contributed by atoms with Crippen molar-refractivity contribution < 1.29 is 23.7 Å². The second kappa shape index (κ2) is 11.8. The van der Waals surface area contributed by atoms with Crippen LogP contribution in [0.4, 0.5) is 10.2 Å². The summed E-state index contributed by atoms with van der Waals surface area (Å²) in [5.41, 5.74) is 2.14. The minimum Gasteiger partial charge on any atom is -0.374 e. The molecule has 0 spiro atoms. The number of nitrogens with zero attached hydrogens (tertiary/aromatic N) is 4. The molecule has 0 amide bonds. The van der Waals surface area contributed by atoms with E-state index in [1.54, 1.807) is 0 Å². The van der Waals surface area contributed by atoms with Gasteiger partial charge in [-0.3, -0.25) is 0 Å². The molecular weight excluding hydrogens is 537 g/mol. The van der Waals surface area contributed by atoms with E-state index < -0.39 is 24.2 Å². The van der Waals surface area contributed by atoms with Gasteiger partial charge in [-0.25, -0.2) is 13.9 Å². The van der Waals surface area contributed by atoms with Crippen molar-refractivity contribution in [2.75, 3.05) is 11.9 Å². The zero-order chi connectivity index (χ0) is 27.5. The van der Waals surface area contributed by atoms with Gasteiger partial charge in [0.15, 0.2) is 17.6 Å². The SMILES string of the molecule is OC1(c2cnc3c(NC4CCCC4)nc(Cl)nn23)O[C@H](COCc2ccccc2)[C@@H](OCc2ccccc2)[C@@H]1F. The molecule has 2 aromatic carbocycles. The highest BCUT2D eigenvalue weighted by Gasteiger charge is 2.59. The van der Waals surface area contributed by atoms with E-state index in [0.717, 1.165) is 36.8 Å². The molecule has 0 radical (unpaired) electrons. The number of fused-ring (bicyclic) bond motifs is 1. The summed E-state index contributed by atoms with van der Waals surface area (Å²) in [7, 11) is 0. The second-order valence-electron chi connectivity index (χ2n) is 10.3. The van der Waals surface area contributed by atoms with Gasteiger partial charge in [0.2, 0.25) is 11.1 Å². The Morgan fingerprint density at radius 2 is 1.73 bits per heavy atom. The molecule has 2 N–H and O–H groups in total. The van der Waals surface area contributed by atoms with Gasteiger partial charge in [0.25, 0.3) is 0 Å². The number of alkyl halides is 1. The van der Waals surface area contributed by atoms with Gasteiger partial charge < -0.3 is 24.6 Å². The highest BCUT2D eigenvalue weighted by atomic mass is 35.5. The molecule has 6 rings (SSSR count). The average Bonchev–Trinajstić information content (AvgIpc) is 3.69. The molecule has 11 heteroatoms. The van der Waals surface area contributed by atoms with Crippen molar-refractivity contribution in [1.29, 1.82) is 0 Å². The lowest BCUT2D eigenvalue weighted by Crippen LogP contribution is -2.40. The lowest BCUT2D eigenvalue weighted by atomic mass is 10.0. The van der Waals surface area contributed by atoms with Crippen LogP contribution in [0.5, 0.6) is 0 Å². The van der Waals surface area contributed by atoms with Crippen LogP contribution >= 0.6 is 11.6 Å². The van der Waals surface area contributed by atoms with Crippen molar-refractivity contribution >= 4 is 23.1 Å². The standard InChI is InChI=1S/C29H31ClFN5O4/c30-28-34-26(33-21-13-7-8-14-21)27-32-15-23(36(27)35-28)29(37)25(31)24(39-17-20-11-5-2-6-12-20)22(40-29)18-38-16-19-9-3-1-4-10-19/h1-6,9-12,15,21-22,24-25,37H,7-8,13-14,16-18H2,(H,33,34,35)/t22-,24-,25+,29?/m1/s1. The predicted octanol–water partition coefficient (Wildman–Crippen LogP) is 4.82. The molecule has 2 aromatic heterocycles. The monoisotopic (exact) mass is 567 g/mol. The number of ether oxygens (including phenoxy) is 3. The van der Waals surface area contributed by atoms with Crippen LogP contribution in [0.3, 0.4) is 0 Å². The molecular formula is C29H31ClFN5O4. The third-order valence-electron chi connectivity index (χ3n) is 7.44. The predicted molar refractivity (Wildman–Crippen MR) is 146 cm³/mol. The van der Waals surface area contributed by atoms with E-state index in [-0.39, 0.29) is 30.2 Å². The van der Waals surface area contributed by atoms with Crippen molar-refractivity contribution in [3.05, 3.63) is 89.0 Å². The number of aromatic nitrogens is 4. The van der Waals surface area contributed by atoms with Crippen molar-refractivity contribution in [2.45, 2.75) is 69.1 Å². The van der Waals surface area contributed by atoms with Gasteiger partial charge in [0.05, 0.1) is 26.0 Å². The highest BCUT2D eigenvalue weighted by molar-refractivity contribution is 6.28. The normalized spacial score (nSPS) is 25.1. The van der Waals surface area contributed by atoms with Gasteiger partial charge in [-0.2, -0.15) is 4.98 Å². The first-order chi connectivity index (χ1) is 19.5. The molecule has 1 unspecified atom stereocenters. The molecule has 2 fully saturated rings. The Morgan fingerprint density at radius 1 is 1.05 bits per heavy atom. The summed E-state index contributed by atoms with van der Waals surface area (Å²) in [5, 5.41) is 19.3. The van der Waals surface area contributed by atoms with Crippen molar-refractivity contribution in [3.63, 3.8) is 0 Å². The molecule has 3 heterocycles. The number of rotatable bonds is 10. The number of halogens is 2. The molecule has 1 saturated carbocycles. The lowest BCUT2D eigenvalue weighted by Gasteiger charge is -2.24. The van der Waals surface area contributed by atoms with E-state index in [1.807, 2.05) is 60.7 Å². The molecule has 4 aromatic rings. The summed E-state index contributed by atoms with van der Waals surface area (Å²) in [4.78, 5) is 8.72. The van der Waals surface area contributed by atoms with Crippen LogP contribution in [0.1, 0.15) is 42.5 Å². The van der Waals surface area contributed by atoms with Gasteiger partial charge in [0, 0.05) is 6.04 Å². The number of hydrogen-bond donors (Lipinski definition) is 2. The largest absolute Gasteiger partial charge is 0.374 e. The Bertz CT molecular complexity index is 1420. The molecule has 210 valence electrons. The van der Waals surface area contributed by atoms with Crippen LogP contribution in [0.25, 0.3) is 5.65 Å². The fourth-order valence-electron chi connectivity index (χ4n) is 5.39. The molecule has 40 heavy (non-hydrogen) atoms. The third kappa shape index (κ3) is 5.55. The number of benzene rings is 2. The van der Waals surface area contributed by atoms with E-state index in [0.29, 0.717) is 18.1 Å². The smallest absolute Gasteiger partial charge is 0.247 e. The third-order valence-corrected chi connectivity index (χ3v) is 7.60. The summed E-state index contributed by atoms with van der Waals surface area (Å²) in [6, 6.07) is 19.3. The van der Waals surface area contributed by atoms with Crippen molar-refractivity contribution in [1.82, 2.24) is 19.6 Å². The molecule has 1 saturated heterocycles. The van der Waals surface area contributed by atoms with E-state index >= 15 is 4.39 Å². The first-order valence-electron chi connectivity index (χ1n) is 13.5. The molecule has 1 aliphatic heterocycles. The molecule has 0 bridgehead atoms. The van der Waals surface area contributed by atoms with E-state index in [2.05, 4.69) is 20.4 Å². The maximum absolute atomic E-state index is 16.3. The molecule has 9 nitrogen and oxygen atoms in total. The van der Waals surface area contributed by atoms with Crippen LogP contribution in [-0.4, -0.2) is 55.7 Å². The Hall–Kier alpha value is -3.15. The van der Waals surface area contributed by atoms with E-state index in [9.17, 15) is 5.11 Å². The van der Waals surface area contributed by atoms with Gasteiger partial charge >= 0.3 is 0 Å². The van der Waals surface area contributed by atoms with Crippen molar-refractivity contribution in [3.8, 4) is 0 Å². The molecule has 1 aliphatic carbocycles. The topological polar surface area (TPSA) is 103 Å². The fraction of sp³-hybridized carbons (Fsp3) is 0.414. The Kier molecular flexibility index (Phi) is 7.95. The zero-order valence-electron chi connectivity index (χ0n) is 21.8. The molecule has 2 aliphatic rings. The summed E-state index contributed by atoms with van der Waals surface area (Å²) >= 11 is 6.26. The van der Waals surface area contributed by atoms with Crippen LogP contribution < -0.4 is 5.32 Å². The zero-order valence-corrected chi connectivity index (χ0v) is 22.6. The number of aliphatic hydroxyl groups is 1. The first kappa shape index (κ1) is 27.0. The second-order valence-corrected chi connectivity index (χ2v) is 10.6. The first-order valence-corrected chi connectivity index (χ1v) is 13.9. The summed E-state index contributed by atoms with van der Waals surface area (Å²) in [5.74, 6) is -1.99. The summed E-state index contributed by atoms with van der Waals surface area (Å²) in [6.45, 7) is 0.436. The summed E-state index contributed by atoms with van der Waals surface area (Å²) in [6.07, 6.45) is 1.60. The Labute approximate surface area is 236 Å². The van der Waals surface area contributed by atoms with Crippen LogP contribution in [0.15, 0.2) is 66.9 Å². The summed E-state index contributed by atoms with van der Waals surface area (Å²) < 4.78 is 35.5. The number of anilines is 1. The number of hydrogen-bond acceptors (Lipinski definition) is 8. The number of imidazole rings is 1. The van der Waals surface area contributed by atoms with Crippen LogP contribution in [0, 0.1) is 0 Å². The van der Waals surface area contributed by atoms with Gasteiger partial charge in [-0.15, -0.1) is 5.10 Å². The fourth-order valence-corrected chi connectivity index (χ4v) is 5.55. The van der Waals surface area contributed by atoms with Gasteiger partial charge in [0.1, 0.15) is 17.9 Å². The minimum atomic E-state index is -2.41. The quantitative estimate of drug-likeness (QED) is 0.281. The van der Waals surface area contributed by atoms with Crippen molar-refractivity contribution in [2.24, 2.45) is 0 Å². The Balaban J connectivity index is 1.27. The van der Waals surface area contributed by atoms with Crippen LogP contribution in [0.2, 0.25) is 5.28 Å².